The third kappa shape index (κ3) is 3.72. The van der Waals surface area contributed by atoms with Gasteiger partial charge in [0.25, 0.3) is 0 Å². The van der Waals surface area contributed by atoms with Gasteiger partial charge in [0.1, 0.15) is 0 Å². The van der Waals surface area contributed by atoms with Gasteiger partial charge in [-0.15, -0.1) is 0 Å². The van der Waals surface area contributed by atoms with Gasteiger partial charge in [0.2, 0.25) is 0 Å². The Balaban J connectivity index is 1.50. The van der Waals surface area contributed by atoms with Crippen LogP contribution in [0.25, 0.3) is 0 Å². The summed E-state index contributed by atoms with van der Waals surface area (Å²) in [5, 5.41) is 3.58. The summed E-state index contributed by atoms with van der Waals surface area (Å²) in [5.41, 5.74) is 6.63. The van der Waals surface area contributed by atoms with E-state index in [0.29, 0.717) is 11.5 Å². The molecule has 3 N–H and O–H groups in total. The Hall–Kier alpha value is -0.120. The first-order valence-corrected chi connectivity index (χ1v) is 6.71. The maximum atomic E-state index is 6.06. The molecule has 1 atom stereocenters. The summed E-state index contributed by atoms with van der Waals surface area (Å²) in [6.07, 6.45) is 7.82. The Morgan fingerprint density at radius 1 is 1.44 bits per heavy atom. The fraction of sp³-hybridized carbons (Fsp3) is 1.00. The van der Waals surface area contributed by atoms with Gasteiger partial charge >= 0.3 is 0 Å². The van der Waals surface area contributed by atoms with E-state index in [-0.39, 0.29) is 0 Å². The molecule has 0 spiro atoms. The van der Waals surface area contributed by atoms with Crippen molar-refractivity contribution in [1.29, 1.82) is 0 Å². The van der Waals surface area contributed by atoms with Crippen molar-refractivity contribution in [3.8, 4) is 0 Å². The Kier molecular flexibility index (Phi) is 4.22. The van der Waals surface area contributed by atoms with Crippen LogP contribution in [0.3, 0.4) is 0 Å². The van der Waals surface area contributed by atoms with Crippen LogP contribution in [0, 0.1) is 11.3 Å². The number of hydrogen-bond donors (Lipinski definition) is 2. The summed E-state index contributed by atoms with van der Waals surface area (Å²) in [6.45, 7) is 3.16. The highest BCUT2D eigenvalue weighted by Gasteiger charge is 2.41. The second-order valence-electron chi connectivity index (χ2n) is 5.71. The number of hydrogen-bond acceptors (Lipinski definition) is 3. The SMILES string of the molecule is COCCC1(CNCCC(N)C2CC2)CC1. The van der Waals surface area contributed by atoms with Gasteiger partial charge in [-0.25, -0.2) is 0 Å². The quantitative estimate of drug-likeness (QED) is 0.586. The standard InChI is InChI=1S/C13H26N2O/c1-16-9-7-13(5-6-13)10-15-8-4-12(14)11-2-3-11/h11-12,15H,2-10,14H2,1H3. The molecule has 0 aromatic carbocycles. The summed E-state index contributed by atoms with van der Waals surface area (Å²) in [6, 6.07) is 0.446. The summed E-state index contributed by atoms with van der Waals surface area (Å²) >= 11 is 0. The molecule has 94 valence electrons. The molecule has 2 aliphatic rings. The van der Waals surface area contributed by atoms with Gasteiger partial charge in [-0.2, -0.15) is 0 Å². The van der Waals surface area contributed by atoms with Crippen LogP contribution in [0.1, 0.15) is 38.5 Å². The van der Waals surface area contributed by atoms with E-state index in [1.165, 1.54) is 32.1 Å². The van der Waals surface area contributed by atoms with E-state index in [0.717, 1.165) is 32.0 Å². The van der Waals surface area contributed by atoms with Crippen molar-refractivity contribution in [1.82, 2.24) is 5.32 Å². The molecule has 0 radical (unpaired) electrons. The van der Waals surface area contributed by atoms with Gasteiger partial charge < -0.3 is 15.8 Å². The van der Waals surface area contributed by atoms with Crippen molar-refractivity contribution in [2.45, 2.75) is 44.6 Å². The number of nitrogens with two attached hydrogens (primary N) is 1. The van der Waals surface area contributed by atoms with Gasteiger partial charge in [0.05, 0.1) is 0 Å². The van der Waals surface area contributed by atoms with Crippen LogP contribution in [0.5, 0.6) is 0 Å². The summed E-state index contributed by atoms with van der Waals surface area (Å²) < 4.78 is 5.15. The van der Waals surface area contributed by atoms with E-state index >= 15 is 0 Å². The summed E-state index contributed by atoms with van der Waals surface area (Å²) in [4.78, 5) is 0. The van der Waals surface area contributed by atoms with Crippen LogP contribution in [0.15, 0.2) is 0 Å². The molecule has 3 heteroatoms. The first-order chi connectivity index (χ1) is 7.76. The molecule has 3 nitrogen and oxygen atoms in total. The minimum absolute atomic E-state index is 0.446. The molecule has 0 bridgehead atoms. The fourth-order valence-electron chi connectivity index (χ4n) is 2.39. The van der Waals surface area contributed by atoms with Crippen LogP contribution in [-0.2, 0) is 4.74 Å². The number of methoxy groups -OCH3 is 1. The first kappa shape index (κ1) is 12.3. The van der Waals surface area contributed by atoms with Crippen molar-refractivity contribution >= 4 is 0 Å². The van der Waals surface area contributed by atoms with E-state index in [2.05, 4.69) is 5.32 Å². The predicted octanol–water partition coefficient (Wildman–Crippen LogP) is 1.52. The van der Waals surface area contributed by atoms with Crippen LogP contribution in [0.4, 0.5) is 0 Å². The molecule has 2 aliphatic carbocycles. The van der Waals surface area contributed by atoms with Gasteiger partial charge in [0, 0.05) is 26.3 Å². The van der Waals surface area contributed by atoms with Gasteiger partial charge in [-0.1, -0.05) is 0 Å². The lowest BCUT2D eigenvalue weighted by Gasteiger charge is -2.16. The second kappa shape index (κ2) is 5.48. The van der Waals surface area contributed by atoms with Crippen LogP contribution < -0.4 is 11.1 Å². The van der Waals surface area contributed by atoms with Crippen LogP contribution in [-0.4, -0.2) is 32.8 Å². The number of rotatable bonds is 9. The molecular weight excluding hydrogens is 200 g/mol. The van der Waals surface area contributed by atoms with Gasteiger partial charge in [0.15, 0.2) is 0 Å². The highest BCUT2D eigenvalue weighted by atomic mass is 16.5. The average Bonchev–Trinajstić information content (AvgIpc) is 3.15. The molecule has 0 amide bonds. The van der Waals surface area contributed by atoms with E-state index in [1.54, 1.807) is 7.11 Å². The monoisotopic (exact) mass is 226 g/mol. The Morgan fingerprint density at radius 3 is 2.75 bits per heavy atom. The van der Waals surface area contributed by atoms with Crippen LogP contribution >= 0.6 is 0 Å². The largest absolute Gasteiger partial charge is 0.385 e. The summed E-state index contributed by atoms with van der Waals surface area (Å²) in [5.74, 6) is 0.838. The molecule has 0 aromatic rings. The smallest absolute Gasteiger partial charge is 0.0468 e. The molecule has 2 rings (SSSR count). The van der Waals surface area contributed by atoms with Crippen molar-refractivity contribution in [2.24, 2.45) is 17.1 Å². The summed E-state index contributed by atoms with van der Waals surface area (Å²) in [7, 11) is 1.79. The highest BCUT2D eigenvalue weighted by Crippen LogP contribution is 2.48. The van der Waals surface area contributed by atoms with E-state index in [1.807, 2.05) is 0 Å². The molecule has 2 saturated carbocycles. The second-order valence-corrected chi connectivity index (χ2v) is 5.71. The molecule has 0 heterocycles. The maximum Gasteiger partial charge on any atom is 0.0468 e. The lowest BCUT2D eigenvalue weighted by atomic mass is 10.0. The molecular formula is C13H26N2O. The van der Waals surface area contributed by atoms with Gasteiger partial charge in [-0.3, -0.25) is 0 Å². The molecule has 0 aromatic heterocycles. The van der Waals surface area contributed by atoms with E-state index in [9.17, 15) is 0 Å². The lowest BCUT2D eigenvalue weighted by Crippen LogP contribution is -2.31. The third-order valence-electron chi connectivity index (χ3n) is 4.18. The van der Waals surface area contributed by atoms with Crippen molar-refractivity contribution in [2.75, 3.05) is 26.8 Å². The number of ether oxygens (including phenoxy) is 1. The molecule has 16 heavy (non-hydrogen) atoms. The molecule has 0 aliphatic heterocycles. The zero-order valence-corrected chi connectivity index (χ0v) is 10.5. The van der Waals surface area contributed by atoms with Gasteiger partial charge in [-0.05, 0) is 56.4 Å². The van der Waals surface area contributed by atoms with E-state index in [4.69, 9.17) is 10.5 Å². The normalized spacial score (nSPS) is 24.4. The molecule has 0 saturated heterocycles. The van der Waals surface area contributed by atoms with Crippen molar-refractivity contribution in [3.63, 3.8) is 0 Å². The zero-order chi connectivity index (χ0) is 11.4. The van der Waals surface area contributed by atoms with E-state index < -0.39 is 0 Å². The van der Waals surface area contributed by atoms with Crippen molar-refractivity contribution in [3.05, 3.63) is 0 Å². The maximum absolute atomic E-state index is 6.06. The topological polar surface area (TPSA) is 47.3 Å². The average molecular weight is 226 g/mol. The first-order valence-electron chi connectivity index (χ1n) is 6.71. The minimum atomic E-state index is 0.446. The molecule has 1 unspecified atom stereocenters. The lowest BCUT2D eigenvalue weighted by molar-refractivity contribution is 0.171. The minimum Gasteiger partial charge on any atom is -0.385 e. The Labute approximate surface area is 99.1 Å². The number of nitrogens with one attached hydrogen (secondary N) is 1. The third-order valence-corrected chi connectivity index (χ3v) is 4.18. The van der Waals surface area contributed by atoms with Crippen LogP contribution in [0.2, 0.25) is 0 Å². The fourth-order valence-corrected chi connectivity index (χ4v) is 2.39. The predicted molar refractivity (Wildman–Crippen MR) is 66.3 cm³/mol. The molecule has 2 fully saturated rings. The highest BCUT2D eigenvalue weighted by molar-refractivity contribution is 4.94. The zero-order valence-electron chi connectivity index (χ0n) is 10.5. The Bertz CT molecular complexity index is 212. The Morgan fingerprint density at radius 2 is 2.19 bits per heavy atom. The van der Waals surface area contributed by atoms with Crippen molar-refractivity contribution < 1.29 is 4.74 Å².